The van der Waals surface area contributed by atoms with E-state index in [1.54, 1.807) is 7.11 Å². The van der Waals surface area contributed by atoms with Crippen LogP contribution in [0, 0.1) is 5.92 Å². The van der Waals surface area contributed by atoms with E-state index in [9.17, 15) is 0 Å². The number of anilines is 1. The highest BCUT2D eigenvalue weighted by molar-refractivity contribution is 9.10. The number of halogens is 1. The molecular weight excluding hydrogens is 292 g/mol. The molecule has 1 unspecified atom stereocenters. The molecule has 0 amide bonds. The predicted molar refractivity (Wildman–Crippen MR) is 78.8 cm³/mol. The van der Waals surface area contributed by atoms with Crippen LogP contribution in [0.4, 0.5) is 5.69 Å². The van der Waals surface area contributed by atoms with Crippen LogP contribution in [0.1, 0.15) is 18.4 Å². The molecule has 0 bridgehead atoms. The Morgan fingerprint density at radius 3 is 3.00 bits per heavy atom. The molecule has 0 aliphatic carbocycles. The molecule has 1 aromatic rings. The minimum atomic E-state index is 0.577. The molecule has 3 nitrogen and oxygen atoms in total. The second-order valence-electron chi connectivity index (χ2n) is 4.89. The van der Waals surface area contributed by atoms with Gasteiger partial charge < -0.3 is 15.4 Å². The summed E-state index contributed by atoms with van der Waals surface area (Å²) in [5.41, 5.74) is 8.11. The highest BCUT2D eigenvalue weighted by Gasteiger charge is 2.20. The van der Waals surface area contributed by atoms with Crippen LogP contribution in [0.5, 0.6) is 0 Å². The number of methoxy groups -OCH3 is 1. The lowest BCUT2D eigenvalue weighted by atomic mass is 9.98. The second-order valence-corrected chi connectivity index (χ2v) is 5.74. The third kappa shape index (κ3) is 3.25. The normalized spacial score (nSPS) is 20.2. The lowest BCUT2D eigenvalue weighted by molar-refractivity contribution is 0.143. The summed E-state index contributed by atoms with van der Waals surface area (Å²) in [4.78, 5) is 2.44. The van der Waals surface area contributed by atoms with E-state index < -0.39 is 0 Å². The SMILES string of the molecule is COCC1CCCN(c2ccc(CN)c(Br)c2)C1. The van der Waals surface area contributed by atoms with Gasteiger partial charge in [0.2, 0.25) is 0 Å². The fraction of sp³-hybridized carbons (Fsp3) is 0.571. The lowest BCUT2D eigenvalue weighted by Gasteiger charge is -2.34. The highest BCUT2D eigenvalue weighted by atomic mass is 79.9. The van der Waals surface area contributed by atoms with Crippen molar-refractivity contribution in [2.45, 2.75) is 19.4 Å². The first-order valence-corrected chi connectivity index (χ1v) is 7.26. The first-order chi connectivity index (χ1) is 8.74. The van der Waals surface area contributed by atoms with Crippen molar-refractivity contribution in [1.29, 1.82) is 0 Å². The van der Waals surface area contributed by atoms with E-state index in [0.717, 1.165) is 29.7 Å². The van der Waals surface area contributed by atoms with Gasteiger partial charge in [-0.3, -0.25) is 0 Å². The number of ether oxygens (including phenoxy) is 1. The first-order valence-electron chi connectivity index (χ1n) is 6.47. The van der Waals surface area contributed by atoms with Crippen molar-refractivity contribution < 1.29 is 4.74 Å². The van der Waals surface area contributed by atoms with Crippen LogP contribution in [0.25, 0.3) is 0 Å². The molecule has 0 aromatic heterocycles. The number of benzene rings is 1. The van der Waals surface area contributed by atoms with Gasteiger partial charge in [0, 0.05) is 36.9 Å². The van der Waals surface area contributed by atoms with E-state index in [1.165, 1.54) is 18.5 Å². The maximum atomic E-state index is 5.68. The maximum Gasteiger partial charge on any atom is 0.0507 e. The predicted octanol–water partition coefficient (Wildman–Crippen LogP) is 2.77. The Morgan fingerprint density at radius 1 is 1.50 bits per heavy atom. The minimum absolute atomic E-state index is 0.577. The Kier molecular flexibility index (Phi) is 5.03. The first kappa shape index (κ1) is 13.8. The van der Waals surface area contributed by atoms with Crippen molar-refractivity contribution in [2.24, 2.45) is 11.7 Å². The zero-order valence-corrected chi connectivity index (χ0v) is 12.4. The van der Waals surface area contributed by atoms with Gasteiger partial charge in [-0.1, -0.05) is 22.0 Å². The zero-order chi connectivity index (χ0) is 13.0. The minimum Gasteiger partial charge on any atom is -0.384 e. The van der Waals surface area contributed by atoms with Crippen molar-refractivity contribution >= 4 is 21.6 Å². The average Bonchev–Trinajstić information content (AvgIpc) is 2.39. The fourth-order valence-electron chi connectivity index (χ4n) is 2.57. The van der Waals surface area contributed by atoms with Gasteiger partial charge in [0.1, 0.15) is 0 Å². The number of hydrogen-bond acceptors (Lipinski definition) is 3. The molecule has 0 saturated carbocycles. The fourth-order valence-corrected chi connectivity index (χ4v) is 3.10. The quantitative estimate of drug-likeness (QED) is 0.929. The van der Waals surface area contributed by atoms with Gasteiger partial charge in [-0.25, -0.2) is 0 Å². The number of rotatable bonds is 4. The molecule has 0 spiro atoms. The third-order valence-corrected chi connectivity index (χ3v) is 4.28. The van der Waals surface area contributed by atoms with E-state index in [-0.39, 0.29) is 0 Å². The monoisotopic (exact) mass is 312 g/mol. The summed E-state index contributed by atoms with van der Waals surface area (Å²) in [5, 5.41) is 0. The molecule has 1 aliphatic heterocycles. The van der Waals surface area contributed by atoms with Gasteiger partial charge in [-0.05, 0) is 36.5 Å². The van der Waals surface area contributed by atoms with Crippen LogP contribution < -0.4 is 10.6 Å². The molecule has 1 fully saturated rings. The second kappa shape index (κ2) is 6.55. The summed E-state index contributed by atoms with van der Waals surface area (Å²) >= 11 is 3.59. The van der Waals surface area contributed by atoms with Crippen LogP contribution in [-0.2, 0) is 11.3 Å². The average molecular weight is 313 g/mol. The van der Waals surface area contributed by atoms with Crippen LogP contribution in [0.3, 0.4) is 0 Å². The summed E-state index contributed by atoms with van der Waals surface area (Å²) in [7, 11) is 1.78. The Hall–Kier alpha value is -0.580. The Balaban J connectivity index is 2.08. The molecule has 2 rings (SSSR count). The third-order valence-electron chi connectivity index (χ3n) is 3.54. The van der Waals surface area contributed by atoms with Crippen LogP contribution >= 0.6 is 15.9 Å². The largest absolute Gasteiger partial charge is 0.384 e. The molecule has 100 valence electrons. The molecule has 4 heteroatoms. The standard InChI is InChI=1S/C14H21BrN2O/c1-18-10-11-3-2-6-17(9-11)13-5-4-12(8-16)14(15)7-13/h4-5,7,11H,2-3,6,8-10,16H2,1H3. The van der Waals surface area contributed by atoms with Gasteiger partial charge in [-0.2, -0.15) is 0 Å². The van der Waals surface area contributed by atoms with Crippen LogP contribution in [0.15, 0.2) is 22.7 Å². The number of piperidine rings is 1. The maximum absolute atomic E-state index is 5.68. The Morgan fingerprint density at radius 2 is 2.33 bits per heavy atom. The molecule has 2 N–H and O–H groups in total. The molecule has 1 aromatic carbocycles. The highest BCUT2D eigenvalue weighted by Crippen LogP contribution is 2.27. The summed E-state index contributed by atoms with van der Waals surface area (Å²) in [6.45, 7) is 3.66. The van der Waals surface area contributed by atoms with Crippen LogP contribution in [-0.4, -0.2) is 26.8 Å². The van der Waals surface area contributed by atoms with Gasteiger partial charge in [0.15, 0.2) is 0 Å². The van der Waals surface area contributed by atoms with Crippen LogP contribution in [0.2, 0.25) is 0 Å². The Bertz CT molecular complexity index is 395. The van der Waals surface area contributed by atoms with Gasteiger partial charge >= 0.3 is 0 Å². The smallest absolute Gasteiger partial charge is 0.0507 e. The topological polar surface area (TPSA) is 38.5 Å². The van der Waals surface area contributed by atoms with Gasteiger partial charge in [-0.15, -0.1) is 0 Å². The molecular formula is C14H21BrN2O. The van der Waals surface area contributed by atoms with Crippen molar-refractivity contribution in [1.82, 2.24) is 0 Å². The summed E-state index contributed by atoms with van der Waals surface area (Å²) in [5.74, 6) is 0.650. The molecule has 1 aliphatic rings. The zero-order valence-electron chi connectivity index (χ0n) is 10.9. The van der Waals surface area contributed by atoms with Gasteiger partial charge in [0.25, 0.3) is 0 Å². The number of nitrogens with two attached hydrogens (primary N) is 1. The molecule has 0 radical (unpaired) electrons. The van der Waals surface area contributed by atoms with Crippen molar-refractivity contribution in [3.05, 3.63) is 28.2 Å². The van der Waals surface area contributed by atoms with Gasteiger partial charge in [0.05, 0.1) is 6.61 Å². The molecule has 1 saturated heterocycles. The number of hydrogen-bond donors (Lipinski definition) is 1. The van der Waals surface area contributed by atoms with Crippen molar-refractivity contribution in [2.75, 3.05) is 31.7 Å². The summed E-state index contributed by atoms with van der Waals surface area (Å²) in [6, 6.07) is 6.46. The lowest BCUT2D eigenvalue weighted by Crippen LogP contribution is -2.37. The summed E-state index contributed by atoms with van der Waals surface area (Å²) < 4.78 is 6.38. The van der Waals surface area contributed by atoms with E-state index in [1.807, 2.05) is 0 Å². The number of nitrogens with zero attached hydrogens (tertiary/aromatic N) is 1. The molecule has 18 heavy (non-hydrogen) atoms. The Labute approximate surface area is 117 Å². The summed E-state index contributed by atoms with van der Waals surface area (Å²) in [6.07, 6.45) is 2.51. The van der Waals surface area contributed by atoms with E-state index >= 15 is 0 Å². The van der Waals surface area contributed by atoms with Crippen molar-refractivity contribution in [3.63, 3.8) is 0 Å². The van der Waals surface area contributed by atoms with E-state index in [2.05, 4.69) is 39.0 Å². The van der Waals surface area contributed by atoms with E-state index in [4.69, 9.17) is 10.5 Å². The molecule has 1 atom stereocenters. The van der Waals surface area contributed by atoms with Crippen molar-refractivity contribution in [3.8, 4) is 0 Å². The molecule has 1 heterocycles. The van der Waals surface area contributed by atoms with E-state index in [0.29, 0.717) is 12.5 Å².